The summed E-state index contributed by atoms with van der Waals surface area (Å²) in [5, 5.41) is 6.02. The third-order valence-electron chi connectivity index (χ3n) is 2.47. The molecule has 0 aromatic heterocycles. The van der Waals surface area contributed by atoms with Crippen LogP contribution in [0.4, 0.5) is 0 Å². The third-order valence-corrected chi connectivity index (χ3v) is 2.47. The summed E-state index contributed by atoms with van der Waals surface area (Å²) in [4.78, 5) is 11.4. The van der Waals surface area contributed by atoms with E-state index in [0.717, 1.165) is 39.1 Å². The van der Waals surface area contributed by atoms with Crippen molar-refractivity contribution in [2.45, 2.75) is 32.8 Å². The minimum atomic E-state index is 0.193. The Hall–Kier alpha value is -0.610. The van der Waals surface area contributed by atoms with Crippen LogP contribution < -0.4 is 10.6 Å². The maximum absolute atomic E-state index is 11.4. The number of carbonyl (C=O) groups is 1. The van der Waals surface area contributed by atoms with E-state index in [4.69, 9.17) is 4.74 Å². The quantitative estimate of drug-likeness (QED) is 0.608. The molecule has 0 saturated carbocycles. The topological polar surface area (TPSA) is 50.4 Å². The fourth-order valence-electron chi connectivity index (χ4n) is 1.38. The fraction of sp³-hybridized carbons (Fsp3) is 0.909. The Morgan fingerprint density at radius 3 is 2.73 bits per heavy atom. The molecular formula is C11H22N2O2. The molecule has 2 N–H and O–H groups in total. The minimum absolute atomic E-state index is 0.193. The highest BCUT2D eigenvalue weighted by Gasteiger charge is 2.23. The van der Waals surface area contributed by atoms with Gasteiger partial charge < -0.3 is 15.4 Å². The number of amides is 1. The van der Waals surface area contributed by atoms with Gasteiger partial charge in [0.15, 0.2) is 0 Å². The van der Waals surface area contributed by atoms with Gasteiger partial charge in [-0.2, -0.15) is 0 Å². The van der Waals surface area contributed by atoms with Crippen molar-refractivity contribution in [3.05, 3.63) is 0 Å². The monoisotopic (exact) mass is 214 g/mol. The molecule has 0 unspecified atom stereocenters. The number of nitrogens with one attached hydrogen (secondary N) is 2. The molecular weight excluding hydrogens is 192 g/mol. The van der Waals surface area contributed by atoms with Gasteiger partial charge in [-0.05, 0) is 26.7 Å². The van der Waals surface area contributed by atoms with Crippen LogP contribution in [0.5, 0.6) is 0 Å². The zero-order valence-electron chi connectivity index (χ0n) is 9.71. The first-order valence-corrected chi connectivity index (χ1v) is 5.80. The molecule has 0 radical (unpaired) electrons. The average Bonchev–Trinajstić information content (AvgIpc) is 2.07. The number of hydrogen-bond donors (Lipinski definition) is 2. The highest BCUT2D eigenvalue weighted by atomic mass is 16.5. The third kappa shape index (κ3) is 5.14. The van der Waals surface area contributed by atoms with Crippen molar-refractivity contribution in [2.75, 3.05) is 26.2 Å². The average molecular weight is 214 g/mol. The van der Waals surface area contributed by atoms with Crippen LogP contribution in [0.15, 0.2) is 0 Å². The molecule has 0 aliphatic carbocycles. The fourth-order valence-corrected chi connectivity index (χ4v) is 1.38. The van der Waals surface area contributed by atoms with Gasteiger partial charge in [-0.25, -0.2) is 0 Å². The van der Waals surface area contributed by atoms with Crippen molar-refractivity contribution in [3.63, 3.8) is 0 Å². The van der Waals surface area contributed by atoms with E-state index in [1.807, 2.05) is 13.8 Å². The maximum atomic E-state index is 11.4. The van der Waals surface area contributed by atoms with E-state index in [0.29, 0.717) is 6.10 Å². The summed E-state index contributed by atoms with van der Waals surface area (Å²) < 4.78 is 5.41. The SMILES string of the molecule is CC(C)OCCCCNC(=O)C1CNC1. The van der Waals surface area contributed by atoms with E-state index in [-0.39, 0.29) is 11.8 Å². The molecule has 15 heavy (non-hydrogen) atoms. The van der Waals surface area contributed by atoms with Gasteiger partial charge in [-0.3, -0.25) is 4.79 Å². The van der Waals surface area contributed by atoms with E-state index in [2.05, 4.69) is 10.6 Å². The van der Waals surface area contributed by atoms with Crippen LogP contribution in [0.25, 0.3) is 0 Å². The predicted octanol–water partition coefficient (Wildman–Crippen LogP) is 0.527. The lowest BCUT2D eigenvalue weighted by atomic mass is 10.0. The van der Waals surface area contributed by atoms with Crippen LogP contribution in [0.1, 0.15) is 26.7 Å². The van der Waals surface area contributed by atoms with Crippen LogP contribution in [-0.4, -0.2) is 38.3 Å². The number of ether oxygens (including phenoxy) is 1. The van der Waals surface area contributed by atoms with E-state index < -0.39 is 0 Å². The molecule has 0 bridgehead atoms. The number of unbranched alkanes of at least 4 members (excludes halogenated alkanes) is 1. The summed E-state index contributed by atoms with van der Waals surface area (Å²) >= 11 is 0. The molecule has 4 heteroatoms. The number of hydrogen-bond acceptors (Lipinski definition) is 3. The molecule has 88 valence electrons. The summed E-state index contributed by atoms with van der Waals surface area (Å²) in [7, 11) is 0. The molecule has 1 aliphatic heterocycles. The first-order valence-electron chi connectivity index (χ1n) is 5.80. The smallest absolute Gasteiger partial charge is 0.225 e. The second-order valence-electron chi connectivity index (χ2n) is 4.27. The highest BCUT2D eigenvalue weighted by molar-refractivity contribution is 5.79. The Morgan fingerprint density at radius 2 is 2.20 bits per heavy atom. The highest BCUT2D eigenvalue weighted by Crippen LogP contribution is 2.02. The summed E-state index contributed by atoms with van der Waals surface area (Å²) in [5.74, 6) is 0.399. The summed E-state index contributed by atoms with van der Waals surface area (Å²) in [6, 6.07) is 0. The zero-order chi connectivity index (χ0) is 11.1. The normalized spacial score (nSPS) is 16.5. The lowest BCUT2D eigenvalue weighted by Crippen LogP contribution is -2.50. The molecule has 4 nitrogen and oxygen atoms in total. The van der Waals surface area contributed by atoms with Crippen LogP contribution in [0.2, 0.25) is 0 Å². The van der Waals surface area contributed by atoms with E-state index in [1.54, 1.807) is 0 Å². The standard InChI is InChI=1S/C11H22N2O2/c1-9(2)15-6-4-3-5-13-11(14)10-7-12-8-10/h9-10,12H,3-8H2,1-2H3,(H,13,14). The van der Waals surface area contributed by atoms with E-state index in [9.17, 15) is 4.79 Å². The van der Waals surface area contributed by atoms with Gasteiger partial charge >= 0.3 is 0 Å². The van der Waals surface area contributed by atoms with Crippen molar-refractivity contribution in [3.8, 4) is 0 Å². The van der Waals surface area contributed by atoms with E-state index >= 15 is 0 Å². The minimum Gasteiger partial charge on any atom is -0.379 e. The zero-order valence-corrected chi connectivity index (χ0v) is 9.71. The van der Waals surface area contributed by atoms with Gasteiger partial charge in [0.25, 0.3) is 0 Å². The molecule has 0 atom stereocenters. The molecule has 1 rings (SSSR count). The van der Waals surface area contributed by atoms with Crippen molar-refractivity contribution in [2.24, 2.45) is 5.92 Å². The van der Waals surface area contributed by atoms with Crippen molar-refractivity contribution < 1.29 is 9.53 Å². The van der Waals surface area contributed by atoms with Gasteiger partial charge in [0.2, 0.25) is 5.91 Å². The Labute approximate surface area is 91.8 Å². The Bertz CT molecular complexity index is 191. The molecule has 1 amide bonds. The number of rotatable bonds is 7. The molecule has 0 aromatic carbocycles. The second-order valence-corrected chi connectivity index (χ2v) is 4.27. The molecule has 1 fully saturated rings. The molecule has 1 heterocycles. The van der Waals surface area contributed by atoms with Gasteiger partial charge in [0.1, 0.15) is 0 Å². The largest absolute Gasteiger partial charge is 0.379 e. The summed E-state index contributed by atoms with van der Waals surface area (Å²) in [6.07, 6.45) is 2.32. The Kier molecular flexibility index (Phi) is 5.65. The van der Waals surface area contributed by atoms with Gasteiger partial charge in [-0.15, -0.1) is 0 Å². The molecule has 1 saturated heterocycles. The summed E-state index contributed by atoms with van der Waals surface area (Å²) in [6.45, 7) is 7.30. The Morgan fingerprint density at radius 1 is 1.47 bits per heavy atom. The Balaban J connectivity index is 1.86. The molecule has 0 spiro atoms. The second kappa shape index (κ2) is 6.80. The van der Waals surface area contributed by atoms with Crippen LogP contribution >= 0.6 is 0 Å². The van der Waals surface area contributed by atoms with Crippen LogP contribution in [0, 0.1) is 5.92 Å². The van der Waals surface area contributed by atoms with Crippen LogP contribution in [0.3, 0.4) is 0 Å². The van der Waals surface area contributed by atoms with Crippen LogP contribution in [-0.2, 0) is 9.53 Å². The lowest BCUT2D eigenvalue weighted by Gasteiger charge is -2.25. The van der Waals surface area contributed by atoms with Gasteiger partial charge in [0, 0.05) is 26.2 Å². The maximum Gasteiger partial charge on any atom is 0.225 e. The van der Waals surface area contributed by atoms with Crippen molar-refractivity contribution in [1.29, 1.82) is 0 Å². The first-order chi connectivity index (χ1) is 7.20. The number of carbonyl (C=O) groups excluding carboxylic acids is 1. The first kappa shape index (κ1) is 12.5. The molecule has 0 aromatic rings. The summed E-state index contributed by atoms with van der Waals surface area (Å²) in [5.41, 5.74) is 0. The van der Waals surface area contributed by atoms with Gasteiger partial charge in [-0.1, -0.05) is 0 Å². The van der Waals surface area contributed by atoms with Crippen molar-refractivity contribution in [1.82, 2.24) is 10.6 Å². The van der Waals surface area contributed by atoms with Crippen molar-refractivity contribution >= 4 is 5.91 Å². The lowest BCUT2D eigenvalue weighted by molar-refractivity contribution is -0.126. The van der Waals surface area contributed by atoms with Gasteiger partial charge in [0.05, 0.1) is 12.0 Å². The molecule has 1 aliphatic rings. The van der Waals surface area contributed by atoms with E-state index in [1.165, 1.54) is 0 Å². The predicted molar refractivity (Wildman–Crippen MR) is 59.7 cm³/mol.